The number of ether oxygens (including phenoxy) is 4. The van der Waals surface area contributed by atoms with Gasteiger partial charge in [-0.2, -0.15) is 4.31 Å². The Morgan fingerprint density at radius 3 is 2.49 bits per heavy atom. The average molecular weight is 717 g/mol. The lowest BCUT2D eigenvalue weighted by Gasteiger charge is -2.35. The third-order valence-electron chi connectivity index (χ3n) is 8.54. The number of likely N-dealkylation sites (N-methyl/N-ethyl adjacent to an activating group) is 1. The summed E-state index contributed by atoms with van der Waals surface area (Å²) >= 11 is 1.15. The monoisotopic (exact) mass is 716 g/mol. The Hall–Kier alpha value is -3.89. The summed E-state index contributed by atoms with van der Waals surface area (Å²) in [5.74, 6) is 0.740. The van der Waals surface area contributed by atoms with Gasteiger partial charge in [-0.25, -0.2) is 13.2 Å². The van der Waals surface area contributed by atoms with Crippen molar-refractivity contribution in [3.63, 3.8) is 0 Å². The van der Waals surface area contributed by atoms with Gasteiger partial charge in [-0.1, -0.05) is 13.0 Å². The molecule has 266 valence electrons. The molecular formula is C34H44N4O9S2. The van der Waals surface area contributed by atoms with Crippen molar-refractivity contribution < 1.29 is 42.1 Å². The molecule has 0 spiro atoms. The van der Waals surface area contributed by atoms with Gasteiger partial charge in [0.05, 0.1) is 30.4 Å². The zero-order valence-corrected chi connectivity index (χ0v) is 29.7. The van der Waals surface area contributed by atoms with Crippen LogP contribution in [-0.4, -0.2) is 93.1 Å². The number of benzene rings is 2. The van der Waals surface area contributed by atoms with Gasteiger partial charge < -0.3 is 39.6 Å². The molecule has 1 aromatic heterocycles. The number of nitrogens with one attached hydrogen (secondary N) is 2. The largest absolute Gasteiger partial charge is 0.490 e. The zero-order valence-electron chi connectivity index (χ0n) is 28.1. The minimum absolute atomic E-state index is 0.0829. The van der Waals surface area contributed by atoms with E-state index in [9.17, 15) is 23.1 Å². The van der Waals surface area contributed by atoms with Gasteiger partial charge >= 0.3 is 6.03 Å². The van der Waals surface area contributed by atoms with Gasteiger partial charge in [0.2, 0.25) is 6.79 Å². The summed E-state index contributed by atoms with van der Waals surface area (Å²) in [7, 11) is -2.20. The number of thiophene rings is 1. The fourth-order valence-electron chi connectivity index (χ4n) is 5.65. The molecule has 3 aromatic rings. The standard InChI is InChI=1S/C34H44N4O9S2/c1-22-18-38(23(2)20-39)33(40)27-16-25(35-34(41)36-26-11-13-29-30(17-26)46-21-45-29)10-12-28(27)47-24(3)8-5-6-14-44-31(22)19-37(4)49(42,43)32-9-7-15-48-32/h7,9-13,15-17,22-24,31,39H,5-6,8,14,18-21H2,1-4H3,(H2,35,36,41)/t22-,23-,24+,31+/m1/s1. The van der Waals surface area contributed by atoms with Crippen LogP contribution in [0.5, 0.6) is 17.2 Å². The lowest BCUT2D eigenvalue weighted by Crippen LogP contribution is -2.48. The second kappa shape index (κ2) is 16.2. The van der Waals surface area contributed by atoms with Gasteiger partial charge in [0.25, 0.3) is 15.9 Å². The summed E-state index contributed by atoms with van der Waals surface area (Å²) in [4.78, 5) is 28.9. The molecule has 3 heterocycles. The van der Waals surface area contributed by atoms with Gasteiger partial charge in [-0.05, 0) is 74.9 Å². The fourth-order valence-corrected chi connectivity index (χ4v) is 8.03. The highest BCUT2D eigenvalue weighted by Gasteiger charge is 2.32. The molecule has 3 amide bonds. The van der Waals surface area contributed by atoms with Crippen molar-refractivity contribution in [2.24, 2.45) is 5.92 Å². The number of carbonyl (C=O) groups excluding carboxylic acids is 2. The van der Waals surface area contributed by atoms with Gasteiger partial charge in [-0.15, -0.1) is 11.3 Å². The van der Waals surface area contributed by atoms with Gasteiger partial charge in [0.15, 0.2) is 11.5 Å². The van der Waals surface area contributed by atoms with Gasteiger partial charge in [0, 0.05) is 50.1 Å². The van der Waals surface area contributed by atoms with E-state index < -0.39 is 34.1 Å². The quantitative estimate of drug-likeness (QED) is 0.284. The molecule has 0 radical (unpaired) electrons. The van der Waals surface area contributed by atoms with Crippen molar-refractivity contribution >= 4 is 44.7 Å². The van der Waals surface area contributed by atoms with Crippen LogP contribution < -0.4 is 24.8 Å². The minimum atomic E-state index is -3.73. The number of sulfonamides is 1. The van der Waals surface area contributed by atoms with Crippen molar-refractivity contribution in [3.8, 4) is 17.2 Å². The Bertz CT molecular complexity index is 1700. The topological polar surface area (TPSA) is 156 Å². The number of aliphatic hydroxyl groups excluding tert-OH is 1. The maximum absolute atomic E-state index is 14.4. The van der Waals surface area contributed by atoms with Gasteiger partial charge in [-0.3, -0.25) is 4.79 Å². The molecule has 5 rings (SSSR count). The first-order valence-electron chi connectivity index (χ1n) is 16.3. The summed E-state index contributed by atoms with van der Waals surface area (Å²) in [6.07, 6.45) is 1.45. The Labute approximate surface area is 291 Å². The first-order chi connectivity index (χ1) is 23.5. The summed E-state index contributed by atoms with van der Waals surface area (Å²) < 4.78 is 51.4. The lowest BCUT2D eigenvalue weighted by molar-refractivity contribution is -0.00832. The van der Waals surface area contributed by atoms with E-state index in [0.29, 0.717) is 41.7 Å². The highest BCUT2D eigenvalue weighted by atomic mass is 32.2. The summed E-state index contributed by atoms with van der Waals surface area (Å²) in [6, 6.07) is 12.1. The van der Waals surface area contributed by atoms with Crippen LogP contribution in [-0.2, 0) is 14.8 Å². The number of fused-ring (bicyclic) bond motifs is 2. The predicted molar refractivity (Wildman–Crippen MR) is 186 cm³/mol. The smallest absolute Gasteiger partial charge is 0.323 e. The first-order valence-corrected chi connectivity index (χ1v) is 18.6. The maximum Gasteiger partial charge on any atom is 0.323 e. The molecule has 2 aromatic carbocycles. The van der Waals surface area contributed by atoms with Crippen molar-refractivity contribution in [1.82, 2.24) is 9.21 Å². The van der Waals surface area contributed by atoms with Crippen LogP contribution in [0.1, 0.15) is 50.4 Å². The molecule has 0 aliphatic carbocycles. The average Bonchev–Trinajstić information content (AvgIpc) is 3.79. The number of hydrogen-bond donors (Lipinski definition) is 3. The molecule has 4 atom stereocenters. The Morgan fingerprint density at radius 2 is 1.78 bits per heavy atom. The second-order valence-electron chi connectivity index (χ2n) is 12.4. The number of nitrogens with zero attached hydrogens (tertiary/aromatic N) is 2. The van der Waals surface area contributed by atoms with E-state index >= 15 is 0 Å². The Morgan fingerprint density at radius 1 is 1.06 bits per heavy atom. The molecular weight excluding hydrogens is 673 g/mol. The Balaban J connectivity index is 1.39. The van der Waals surface area contributed by atoms with Crippen molar-refractivity contribution in [2.75, 3.05) is 50.8 Å². The second-order valence-corrected chi connectivity index (χ2v) is 15.6. The van der Waals surface area contributed by atoms with Crippen molar-refractivity contribution in [1.29, 1.82) is 0 Å². The number of amides is 3. The molecule has 15 heteroatoms. The molecule has 3 N–H and O–H groups in total. The highest BCUT2D eigenvalue weighted by molar-refractivity contribution is 7.91. The van der Waals surface area contributed by atoms with Crippen LogP contribution in [0.2, 0.25) is 0 Å². The van der Waals surface area contributed by atoms with Gasteiger partial charge in [0.1, 0.15) is 9.96 Å². The zero-order chi connectivity index (χ0) is 35.1. The van der Waals surface area contributed by atoms with Crippen LogP contribution in [0.4, 0.5) is 16.2 Å². The van der Waals surface area contributed by atoms with Crippen LogP contribution >= 0.6 is 11.3 Å². The Kier molecular flexibility index (Phi) is 12.0. The van der Waals surface area contributed by atoms with Crippen LogP contribution in [0.3, 0.4) is 0 Å². The number of rotatable bonds is 8. The number of aliphatic hydroxyl groups is 1. The summed E-state index contributed by atoms with van der Waals surface area (Å²) in [6.45, 7) is 6.04. The van der Waals surface area contributed by atoms with Crippen molar-refractivity contribution in [3.05, 3.63) is 59.5 Å². The lowest BCUT2D eigenvalue weighted by atomic mass is 10.0. The van der Waals surface area contributed by atoms with Crippen molar-refractivity contribution in [2.45, 2.75) is 62.5 Å². The van der Waals surface area contributed by atoms with Crippen LogP contribution in [0.25, 0.3) is 0 Å². The molecule has 0 unspecified atom stereocenters. The normalized spacial score (nSPS) is 21.0. The number of anilines is 2. The minimum Gasteiger partial charge on any atom is -0.490 e. The maximum atomic E-state index is 14.4. The molecule has 13 nitrogen and oxygen atoms in total. The molecule has 2 aliphatic rings. The molecule has 0 fully saturated rings. The predicted octanol–water partition coefficient (Wildman–Crippen LogP) is 5.24. The van der Waals surface area contributed by atoms with E-state index in [-0.39, 0.29) is 48.3 Å². The van der Waals surface area contributed by atoms with E-state index in [1.54, 1.807) is 65.7 Å². The van der Waals surface area contributed by atoms with E-state index in [1.165, 1.54) is 11.4 Å². The van der Waals surface area contributed by atoms with Crippen LogP contribution in [0.15, 0.2) is 58.1 Å². The number of hydrogen-bond acceptors (Lipinski definition) is 10. The number of urea groups is 1. The fraction of sp³-hybridized carbons (Fsp3) is 0.471. The SMILES string of the molecule is C[C@@H]1CN([C@H](C)CO)C(=O)c2cc(NC(=O)Nc3ccc4c(c3)OCO4)ccc2O[C@@H](C)CCCCO[C@H]1CN(C)S(=O)(=O)c1cccs1. The third kappa shape index (κ3) is 9.02. The van der Waals surface area contributed by atoms with E-state index in [1.807, 2.05) is 13.8 Å². The summed E-state index contributed by atoms with van der Waals surface area (Å²) in [5.41, 5.74) is 1.07. The summed E-state index contributed by atoms with van der Waals surface area (Å²) in [5, 5.41) is 17.5. The first kappa shape index (κ1) is 36.4. The molecule has 0 saturated heterocycles. The number of carbonyl (C=O) groups is 2. The highest BCUT2D eigenvalue weighted by Crippen LogP contribution is 2.34. The molecule has 2 aliphatic heterocycles. The molecule has 49 heavy (non-hydrogen) atoms. The van der Waals surface area contributed by atoms with E-state index in [2.05, 4.69) is 10.6 Å². The van der Waals surface area contributed by atoms with E-state index in [4.69, 9.17) is 18.9 Å². The third-order valence-corrected chi connectivity index (χ3v) is 11.7. The van der Waals surface area contributed by atoms with E-state index in [0.717, 1.165) is 24.2 Å². The molecule has 0 saturated carbocycles. The van der Waals surface area contributed by atoms with Crippen LogP contribution in [0, 0.1) is 5.92 Å². The molecule has 0 bridgehead atoms.